The zero-order valence-corrected chi connectivity index (χ0v) is 37.1. The van der Waals surface area contributed by atoms with Crippen LogP contribution in [0.3, 0.4) is 0 Å². The zero-order chi connectivity index (χ0) is 47.0. The van der Waals surface area contributed by atoms with Gasteiger partial charge in [-0.3, -0.25) is 53.3 Å². The lowest BCUT2D eigenvalue weighted by Gasteiger charge is -2.34. The molecule has 358 valence electrons. The number of rotatable bonds is 11. The summed E-state index contributed by atoms with van der Waals surface area (Å²) in [4.78, 5) is 163. The summed E-state index contributed by atoms with van der Waals surface area (Å²) in [5, 5.41) is 5.45. The Hall–Kier alpha value is -5.48. The standard InChI is InChI=1S/C38H57BN10O16/c1-24(2)35(36(57)41-25(3)37(58)48-9-5-6-27(48)39-60-30(52)19-43(4)20-31(53)61-39)42-29(51)18-40-28(50)8-7-26-38(59)65-49-62-32(54)21-44-10-12-45(22-33(55)63-49)14-16-47(26)17-15-46(13-11-44)23-34(56)64-49/h24-27,35H,5-23H2,1-4H3,(H2-,40,41,42,50,51,57)/p+1/t25-,26-,27?,35+/m1/s1. The van der Waals surface area contributed by atoms with E-state index in [0.717, 1.165) is 0 Å². The first-order valence-corrected chi connectivity index (χ1v) is 21.8. The molecule has 4 amide bonds. The summed E-state index contributed by atoms with van der Waals surface area (Å²) in [5.41, 5.74) is 0. The largest absolute Gasteiger partial charge is 0.622 e. The molecule has 0 saturated carbocycles. The molecule has 0 aromatic heterocycles. The molecule has 6 aliphatic rings. The molecule has 65 heavy (non-hydrogen) atoms. The van der Waals surface area contributed by atoms with Crippen LogP contribution in [0, 0.1) is 5.92 Å². The van der Waals surface area contributed by atoms with Crippen LogP contribution in [0.2, 0.25) is 0 Å². The van der Waals surface area contributed by atoms with Gasteiger partial charge in [-0.1, -0.05) is 13.8 Å². The van der Waals surface area contributed by atoms with E-state index in [9.17, 15) is 47.9 Å². The van der Waals surface area contributed by atoms with E-state index in [1.54, 1.807) is 40.5 Å². The number of carbonyl (C=O) groups is 10. The third kappa shape index (κ3) is 13.3. The van der Waals surface area contributed by atoms with Crippen molar-refractivity contribution in [1.82, 2.24) is 45.3 Å². The summed E-state index contributed by atoms with van der Waals surface area (Å²) in [5.74, 6) is -9.20. The minimum Gasteiger partial charge on any atom is -0.497 e. The van der Waals surface area contributed by atoms with E-state index in [0.29, 0.717) is 39.0 Å². The molecule has 0 aromatic carbocycles. The lowest BCUT2D eigenvalue weighted by atomic mass is 9.76. The molecule has 6 aliphatic heterocycles. The summed E-state index contributed by atoms with van der Waals surface area (Å²) in [7, 11) is 0.248. The number of likely N-dealkylation sites (N-methyl/N-ethyl adjacent to an activating group) is 1. The number of nitrogens with one attached hydrogen (secondary N) is 3. The number of amides is 4. The highest BCUT2D eigenvalue weighted by atomic mass is 17.4. The SMILES string of the molecule is CC(C)[C@H](NC(=O)CNC(=O)CC[C@@H]1C(=O)O[N+]23OC(=O)CN4CCN(CCN1CCN(CC4)CC(=O)O2)CC(=O)O3)C(=O)N[C@H](C)C(=O)N1CCCC1B1OC(=O)CN(C)CC(=O)O1. The second-order valence-electron chi connectivity index (χ2n) is 17.2. The van der Waals surface area contributed by atoms with Gasteiger partial charge in [0.05, 0.1) is 25.6 Å². The number of quaternary nitrogens is 1. The molecule has 6 fully saturated rings. The Morgan fingerprint density at radius 1 is 0.677 bits per heavy atom. The number of carbonyl (C=O) groups excluding carboxylic acids is 10. The van der Waals surface area contributed by atoms with Crippen molar-refractivity contribution in [3.05, 3.63) is 0 Å². The van der Waals surface area contributed by atoms with E-state index in [1.165, 1.54) is 16.7 Å². The minimum atomic E-state index is -2.27. The Labute approximate surface area is 374 Å². The van der Waals surface area contributed by atoms with Gasteiger partial charge >= 0.3 is 48.1 Å². The smallest absolute Gasteiger partial charge is 0.497 e. The normalized spacial score (nSPS) is 30.2. The minimum absolute atomic E-state index is 0.138. The number of fused-ring (bicyclic) bond motifs is 12. The van der Waals surface area contributed by atoms with Gasteiger partial charge in [0, 0.05) is 65.3 Å². The topological polar surface area (TPSA) is 282 Å². The van der Waals surface area contributed by atoms with Crippen molar-refractivity contribution >= 4 is 66.6 Å². The number of nitrogens with zero attached hydrogens (tertiary/aromatic N) is 7. The highest BCUT2D eigenvalue weighted by Crippen LogP contribution is 2.25. The first kappa shape index (κ1) is 49.0. The Bertz CT molecular complexity index is 1800. The fraction of sp³-hybridized carbons (Fsp3) is 0.737. The molecule has 1 spiro atoms. The zero-order valence-electron chi connectivity index (χ0n) is 37.1. The van der Waals surface area contributed by atoms with E-state index in [1.807, 2.05) is 0 Å². The quantitative estimate of drug-likeness (QED) is 0.129. The molecule has 6 atom stereocenters. The van der Waals surface area contributed by atoms with Crippen molar-refractivity contribution in [1.29, 1.82) is 0 Å². The second-order valence-corrected chi connectivity index (χ2v) is 17.2. The van der Waals surface area contributed by atoms with Gasteiger partial charge in [-0.25, -0.2) is 19.2 Å². The lowest BCUT2D eigenvalue weighted by molar-refractivity contribution is -1.44. The van der Waals surface area contributed by atoms with E-state index >= 15 is 0 Å². The molecule has 0 aliphatic carbocycles. The van der Waals surface area contributed by atoms with Gasteiger partial charge in [0.1, 0.15) is 37.8 Å². The Morgan fingerprint density at radius 2 is 1.20 bits per heavy atom. The summed E-state index contributed by atoms with van der Waals surface area (Å²) >= 11 is 0. The van der Waals surface area contributed by atoms with E-state index in [4.69, 9.17) is 28.7 Å². The molecule has 27 heteroatoms. The molecule has 6 saturated heterocycles. The molecule has 6 heterocycles. The van der Waals surface area contributed by atoms with Crippen LogP contribution in [-0.2, 0) is 76.6 Å². The van der Waals surface area contributed by atoms with Crippen LogP contribution in [0.25, 0.3) is 0 Å². The van der Waals surface area contributed by atoms with Crippen molar-refractivity contribution in [2.75, 3.05) is 105 Å². The Morgan fingerprint density at radius 3 is 1.72 bits per heavy atom. The fourth-order valence-electron chi connectivity index (χ4n) is 8.35. The fourth-order valence-corrected chi connectivity index (χ4v) is 8.35. The third-order valence-corrected chi connectivity index (χ3v) is 11.8. The first-order chi connectivity index (χ1) is 30.9. The van der Waals surface area contributed by atoms with Gasteiger partial charge in [0.25, 0.3) is 0 Å². The van der Waals surface area contributed by atoms with E-state index < -0.39 is 108 Å². The van der Waals surface area contributed by atoms with Crippen molar-refractivity contribution in [2.24, 2.45) is 5.92 Å². The van der Waals surface area contributed by atoms with Crippen LogP contribution < -0.4 is 16.0 Å². The predicted molar refractivity (Wildman–Crippen MR) is 216 cm³/mol. The third-order valence-electron chi connectivity index (χ3n) is 11.8. The van der Waals surface area contributed by atoms with Crippen LogP contribution in [0.1, 0.15) is 46.5 Å². The van der Waals surface area contributed by atoms with Crippen LogP contribution in [0.15, 0.2) is 0 Å². The molecule has 3 unspecified atom stereocenters. The van der Waals surface area contributed by atoms with Crippen LogP contribution in [0.4, 0.5) is 0 Å². The highest BCUT2D eigenvalue weighted by molar-refractivity contribution is 6.51. The van der Waals surface area contributed by atoms with Gasteiger partial charge in [0.2, 0.25) is 23.6 Å². The van der Waals surface area contributed by atoms with E-state index in [-0.39, 0.29) is 78.3 Å². The van der Waals surface area contributed by atoms with Gasteiger partial charge < -0.3 is 30.2 Å². The summed E-state index contributed by atoms with van der Waals surface area (Å²) in [6, 6.07) is -3.45. The summed E-state index contributed by atoms with van der Waals surface area (Å²) in [6.45, 7) is 5.73. The van der Waals surface area contributed by atoms with Gasteiger partial charge in [-0.2, -0.15) is 0 Å². The monoisotopic (exact) mass is 921 g/mol. The van der Waals surface area contributed by atoms with Crippen molar-refractivity contribution in [2.45, 2.75) is 70.5 Å². The average Bonchev–Trinajstić information content (AvgIpc) is 3.68. The maximum atomic E-state index is 14.0. The van der Waals surface area contributed by atoms with Crippen molar-refractivity contribution in [3.8, 4) is 0 Å². The van der Waals surface area contributed by atoms with Gasteiger partial charge in [0.15, 0.2) is 0 Å². The number of likely N-dealkylation sites (tertiary alicyclic amines) is 1. The lowest BCUT2D eigenvalue weighted by Crippen LogP contribution is -2.58. The molecular weight excluding hydrogens is 863 g/mol. The van der Waals surface area contributed by atoms with Gasteiger partial charge in [-0.15, -0.1) is 19.4 Å². The summed E-state index contributed by atoms with van der Waals surface area (Å²) in [6.07, 6.45) is 0.394. The highest BCUT2D eigenvalue weighted by Gasteiger charge is 2.55. The number of hydrogen-bond donors (Lipinski definition) is 3. The maximum absolute atomic E-state index is 14.0. The summed E-state index contributed by atoms with van der Waals surface area (Å²) < 4.78 is 10.8. The maximum Gasteiger partial charge on any atom is 0.622 e. The van der Waals surface area contributed by atoms with Crippen molar-refractivity contribution < 1.29 is 81.7 Å². The van der Waals surface area contributed by atoms with Crippen LogP contribution in [-0.4, -0.2) is 230 Å². The molecule has 3 N–H and O–H groups in total. The molecule has 0 radical (unpaired) electrons. The number of hydrogen-bond acceptors (Lipinski definition) is 21. The van der Waals surface area contributed by atoms with Gasteiger partial charge in [-0.05, 0) is 39.2 Å². The average molecular weight is 922 g/mol. The van der Waals surface area contributed by atoms with E-state index in [2.05, 4.69) is 16.0 Å². The predicted octanol–water partition coefficient (Wildman–Crippen LogP) is -5.14. The van der Waals surface area contributed by atoms with Crippen LogP contribution in [0.5, 0.6) is 0 Å². The molecular formula is C38H58BN10O16+. The first-order valence-electron chi connectivity index (χ1n) is 21.8. The van der Waals surface area contributed by atoms with Crippen LogP contribution >= 0.6 is 0 Å². The molecule has 5 bridgehead atoms. The Kier molecular flexibility index (Phi) is 16.3. The molecule has 6 rings (SSSR count). The molecule has 26 nitrogen and oxygen atoms in total. The Balaban J connectivity index is 1.07. The second kappa shape index (κ2) is 21.7. The molecule has 0 aromatic rings. The van der Waals surface area contributed by atoms with Crippen molar-refractivity contribution in [3.63, 3.8) is 0 Å².